The van der Waals surface area contributed by atoms with E-state index in [4.69, 9.17) is 9.97 Å². The van der Waals surface area contributed by atoms with Crippen molar-refractivity contribution in [2.75, 3.05) is 0 Å². The van der Waals surface area contributed by atoms with Gasteiger partial charge >= 0.3 is 21.1 Å². The first-order chi connectivity index (χ1) is 28.7. The van der Waals surface area contributed by atoms with Crippen LogP contribution in [-0.2, 0) is 21.1 Å². The summed E-state index contributed by atoms with van der Waals surface area (Å²) < 4.78 is 3.50. The Labute approximate surface area is 361 Å². The number of hydrogen-bond donors (Lipinski definition) is 0. The minimum atomic E-state index is 0. The first-order valence-corrected chi connectivity index (χ1v) is 20.2. The van der Waals surface area contributed by atoms with Gasteiger partial charge in [-0.25, -0.2) is 0 Å². The van der Waals surface area contributed by atoms with Crippen LogP contribution in [-0.4, -0.2) is 14.5 Å². The van der Waals surface area contributed by atoms with Crippen molar-refractivity contribution >= 4 is 43.4 Å². The Morgan fingerprint density at radius 1 is 0.458 bits per heavy atom. The summed E-state index contributed by atoms with van der Waals surface area (Å²) in [5.41, 5.74) is 16.0. The maximum absolute atomic E-state index is 5.04. The van der Waals surface area contributed by atoms with Crippen LogP contribution in [0, 0.1) is 12.1 Å². The zero-order valence-electron chi connectivity index (χ0n) is 31.6. The molecule has 3 nitrogen and oxygen atoms in total. The van der Waals surface area contributed by atoms with Crippen molar-refractivity contribution in [1.29, 1.82) is 0 Å². The summed E-state index contributed by atoms with van der Waals surface area (Å²) in [5, 5.41) is 3.21. The van der Waals surface area contributed by atoms with Gasteiger partial charge in [0.15, 0.2) is 0 Å². The van der Waals surface area contributed by atoms with Crippen molar-refractivity contribution < 1.29 is 21.1 Å². The minimum Gasteiger partial charge on any atom is -0.345 e. The average molecular weight is 951 g/mol. The van der Waals surface area contributed by atoms with Gasteiger partial charge in [0.25, 0.3) is 0 Å². The van der Waals surface area contributed by atoms with Gasteiger partial charge in [0.05, 0.1) is 5.52 Å². The van der Waals surface area contributed by atoms with Crippen molar-refractivity contribution in [3.8, 4) is 72.0 Å². The van der Waals surface area contributed by atoms with E-state index in [0.29, 0.717) is 0 Å². The van der Waals surface area contributed by atoms with E-state index in [-0.39, 0.29) is 21.1 Å². The molecule has 5 heteroatoms. The third kappa shape index (κ3) is 6.81. The minimum absolute atomic E-state index is 0. The summed E-state index contributed by atoms with van der Waals surface area (Å²) in [6.45, 7) is 0. The van der Waals surface area contributed by atoms with Crippen molar-refractivity contribution in [2.24, 2.45) is 0 Å². The molecule has 0 radical (unpaired) electrons. The molecule has 3 heterocycles. The van der Waals surface area contributed by atoms with E-state index in [2.05, 4.69) is 187 Å². The number of aromatic nitrogens is 3. The quantitative estimate of drug-likeness (QED) is 0.149. The molecular formula is C54H33N3PtS. The monoisotopic (exact) mass is 950 g/mol. The first-order valence-electron chi connectivity index (χ1n) is 19.4. The topological polar surface area (TPSA) is 30.7 Å². The molecule has 8 aromatic carbocycles. The molecule has 11 rings (SSSR count). The Hall–Kier alpha value is -6.71. The molecule has 0 aliphatic heterocycles. The van der Waals surface area contributed by atoms with Gasteiger partial charge in [0.2, 0.25) is 0 Å². The molecule has 0 fully saturated rings. The van der Waals surface area contributed by atoms with Gasteiger partial charge in [-0.3, -0.25) is 4.98 Å². The SMILES string of the molecule is [Pt+2].[c-]1c(-c2ccccn2)ccc(-c2ccc(-c3ccccc3)cc2)c1-n1c2[c-]c(-c3nc4ccccc4s3)ccc2c2cc(-c3ccc(-c4ccccc4)cc3)ccc21. The predicted molar refractivity (Wildman–Crippen MR) is 242 cm³/mol. The fraction of sp³-hybridized carbons (Fsp3) is 0. The van der Waals surface area contributed by atoms with Crippen LogP contribution in [0.25, 0.3) is 104 Å². The summed E-state index contributed by atoms with van der Waals surface area (Å²) in [4.78, 5) is 9.78. The molecule has 280 valence electrons. The Morgan fingerprint density at radius 2 is 1.05 bits per heavy atom. The van der Waals surface area contributed by atoms with E-state index in [1.165, 1.54) is 27.8 Å². The summed E-state index contributed by atoms with van der Waals surface area (Å²) in [7, 11) is 0. The third-order valence-electron chi connectivity index (χ3n) is 10.9. The van der Waals surface area contributed by atoms with Crippen LogP contribution in [0.1, 0.15) is 0 Å². The smallest absolute Gasteiger partial charge is 0.345 e. The van der Waals surface area contributed by atoms with E-state index < -0.39 is 0 Å². The van der Waals surface area contributed by atoms with Gasteiger partial charge in [-0.05, 0) is 79.9 Å². The Bertz CT molecular complexity index is 3210. The van der Waals surface area contributed by atoms with E-state index in [1.807, 2.05) is 30.5 Å². The second-order valence-electron chi connectivity index (χ2n) is 14.4. The molecule has 0 amide bonds. The summed E-state index contributed by atoms with van der Waals surface area (Å²) >= 11 is 1.70. The standard InChI is InChI=1S/C54H33N3S.Pt/c1-3-11-36(12-4-1)38-18-20-40(21-19-38)42-28-31-50-47(33-42)46-30-27-44(54-56-49-16-7-8-17-53(49)58-54)35-52(46)57(50)51-34-43(48-15-9-10-32-55-48)26-29-45(51)41-24-22-39(23-25-41)37-13-5-2-6-14-37;/h1-33H;/q-2;+2. The fourth-order valence-electron chi connectivity index (χ4n) is 7.99. The van der Waals surface area contributed by atoms with Crippen LogP contribution in [0.5, 0.6) is 0 Å². The second-order valence-corrected chi connectivity index (χ2v) is 15.5. The van der Waals surface area contributed by atoms with E-state index >= 15 is 0 Å². The zero-order chi connectivity index (χ0) is 38.4. The number of pyridine rings is 1. The molecule has 0 aliphatic rings. The summed E-state index contributed by atoms with van der Waals surface area (Å²) in [5.74, 6) is 0. The number of hydrogen-bond acceptors (Lipinski definition) is 3. The summed E-state index contributed by atoms with van der Waals surface area (Å²) in [6.07, 6.45) is 1.84. The number of nitrogens with zero attached hydrogens (tertiary/aromatic N) is 3. The molecule has 0 saturated heterocycles. The number of para-hydroxylation sites is 1. The van der Waals surface area contributed by atoms with Crippen molar-refractivity contribution in [3.63, 3.8) is 0 Å². The number of benzene rings is 8. The predicted octanol–water partition coefficient (Wildman–Crippen LogP) is 14.4. The third-order valence-corrected chi connectivity index (χ3v) is 12.0. The molecule has 0 spiro atoms. The molecule has 11 aromatic rings. The van der Waals surface area contributed by atoms with Gasteiger partial charge in [-0.1, -0.05) is 162 Å². The largest absolute Gasteiger partial charge is 2.00 e. The van der Waals surface area contributed by atoms with Crippen LogP contribution in [0.4, 0.5) is 0 Å². The molecule has 0 bridgehead atoms. The molecular weight excluding hydrogens is 918 g/mol. The molecule has 0 unspecified atom stereocenters. The number of thiazole rings is 1. The molecule has 0 saturated carbocycles. The van der Waals surface area contributed by atoms with E-state index in [1.54, 1.807) is 11.3 Å². The van der Waals surface area contributed by atoms with E-state index in [0.717, 1.165) is 76.2 Å². The Balaban J connectivity index is 0.00000420. The average Bonchev–Trinajstić information content (AvgIpc) is 3.89. The first kappa shape index (κ1) is 36.6. The maximum Gasteiger partial charge on any atom is 2.00 e. The second kappa shape index (κ2) is 15.6. The molecule has 0 atom stereocenters. The molecule has 3 aromatic heterocycles. The normalized spacial score (nSPS) is 11.3. The van der Waals surface area contributed by atoms with Gasteiger partial charge < -0.3 is 9.55 Å². The molecule has 59 heavy (non-hydrogen) atoms. The van der Waals surface area contributed by atoms with Crippen LogP contribution in [0.3, 0.4) is 0 Å². The van der Waals surface area contributed by atoms with Crippen molar-refractivity contribution in [2.45, 2.75) is 0 Å². The molecule has 0 aliphatic carbocycles. The van der Waals surface area contributed by atoms with Crippen LogP contribution in [0.2, 0.25) is 0 Å². The van der Waals surface area contributed by atoms with Crippen molar-refractivity contribution in [3.05, 3.63) is 212 Å². The van der Waals surface area contributed by atoms with Crippen molar-refractivity contribution in [1.82, 2.24) is 14.5 Å². The van der Waals surface area contributed by atoms with Gasteiger partial charge in [0.1, 0.15) is 0 Å². The Kier molecular flexibility index (Phi) is 9.66. The fourth-order valence-corrected chi connectivity index (χ4v) is 8.93. The zero-order valence-corrected chi connectivity index (χ0v) is 34.7. The molecule has 0 N–H and O–H groups in total. The van der Waals surface area contributed by atoms with Crippen LogP contribution >= 0.6 is 11.3 Å². The van der Waals surface area contributed by atoms with Crippen LogP contribution in [0.15, 0.2) is 200 Å². The maximum atomic E-state index is 5.04. The van der Waals surface area contributed by atoms with Gasteiger partial charge in [-0.15, -0.1) is 47.5 Å². The Morgan fingerprint density at radius 3 is 1.73 bits per heavy atom. The van der Waals surface area contributed by atoms with Gasteiger partial charge in [-0.2, -0.15) is 11.3 Å². The van der Waals surface area contributed by atoms with E-state index in [9.17, 15) is 0 Å². The van der Waals surface area contributed by atoms with Crippen LogP contribution < -0.4 is 0 Å². The van der Waals surface area contributed by atoms with Gasteiger partial charge in [0, 0.05) is 21.4 Å². The number of fused-ring (bicyclic) bond motifs is 4. The number of rotatable bonds is 7. The summed E-state index contributed by atoms with van der Waals surface area (Å²) in [6, 6.07) is 76.5.